The third kappa shape index (κ3) is 5.05. The number of hydrogen-bond donors (Lipinski definition) is 1. The number of methoxy groups -OCH3 is 3. The first kappa shape index (κ1) is 26.7. The third-order valence-electron chi connectivity index (χ3n) is 5.55. The fourth-order valence-electron chi connectivity index (χ4n) is 4.00. The standard InChI is InChI=1S/C25H27Cl2NO7/c1-13(2)35-11-10-28-20(14-8-6-7-9-17(14)32-3)18(22(30)25(28)31)21(29)15-12-16(26)24(34-5)19(27)23(15)33-4/h6-9,12-13,20,29H,10-11H2,1-5H3/b21-18+. The second-order valence-corrected chi connectivity index (χ2v) is 8.73. The Morgan fingerprint density at radius 1 is 1.06 bits per heavy atom. The van der Waals surface area contributed by atoms with Crippen LogP contribution in [0.4, 0.5) is 0 Å². The van der Waals surface area contributed by atoms with Crippen molar-refractivity contribution in [3.05, 3.63) is 57.1 Å². The molecule has 8 nitrogen and oxygen atoms in total. The molecule has 1 aliphatic rings. The number of ketones is 1. The molecule has 0 saturated carbocycles. The molecule has 0 aromatic heterocycles. The molecule has 3 rings (SSSR count). The minimum atomic E-state index is -0.953. The molecule has 1 N–H and O–H groups in total. The lowest BCUT2D eigenvalue weighted by molar-refractivity contribution is -0.140. The van der Waals surface area contributed by atoms with Crippen LogP contribution in [0.1, 0.15) is 31.0 Å². The summed E-state index contributed by atoms with van der Waals surface area (Å²) < 4.78 is 21.7. The Morgan fingerprint density at radius 2 is 1.71 bits per heavy atom. The first-order valence-electron chi connectivity index (χ1n) is 10.8. The number of carbonyl (C=O) groups is 2. The van der Waals surface area contributed by atoms with Crippen LogP contribution in [0.2, 0.25) is 10.0 Å². The van der Waals surface area contributed by atoms with Crippen molar-refractivity contribution in [3.8, 4) is 17.2 Å². The number of hydrogen-bond acceptors (Lipinski definition) is 7. The summed E-state index contributed by atoms with van der Waals surface area (Å²) in [5.41, 5.74) is 0.407. The van der Waals surface area contributed by atoms with Crippen molar-refractivity contribution in [2.75, 3.05) is 34.5 Å². The highest BCUT2D eigenvalue weighted by Crippen LogP contribution is 2.48. The van der Waals surface area contributed by atoms with Gasteiger partial charge in [0.15, 0.2) is 11.5 Å². The minimum absolute atomic E-state index is 0.0115. The number of aliphatic hydroxyl groups is 1. The Hall–Kier alpha value is -2.94. The van der Waals surface area contributed by atoms with Gasteiger partial charge < -0.3 is 29.0 Å². The molecule has 10 heteroatoms. The number of rotatable bonds is 9. The van der Waals surface area contributed by atoms with Gasteiger partial charge in [-0.15, -0.1) is 0 Å². The molecule has 1 atom stereocenters. The number of benzene rings is 2. The van der Waals surface area contributed by atoms with Gasteiger partial charge in [0.2, 0.25) is 0 Å². The van der Waals surface area contributed by atoms with Gasteiger partial charge in [0.25, 0.3) is 11.7 Å². The fourth-order valence-corrected chi connectivity index (χ4v) is 4.69. The van der Waals surface area contributed by atoms with Gasteiger partial charge in [-0.1, -0.05) is 41.4 Å². The summed E-state index contributed by atoms with van der Waals surface area (Å²) in [7, 11) is 4.22. The maximum absolute atomic E-state index is 13.3. The monoisotopic (exact) mass is 523 g/mol. The molecule has 1 amide bonds. The van der Waals surface area contributed by atoms with Crippen LogP contribution in [0.3, 0.4) is 0 Å². The van der Waals surface area contributed by atoms with Crippen LogP contribution in [0.5, 0.6) is 17.2 Å². The summed E-state index contributed by atoms with van der Waals surface area (Å²) in [6.07, 6.45) is -0.0654. The highest BCUT2D eigenvalue weighted by molar-refractivity contribution is 6.47. The molecule has 0 spiro atoms. The summed E-state index contributed by atoms with van der Waals surface area (Å²) in [6, 6.07) is 7.37. The second kappa shape index (κ2) is 11.2. The summed E-state index contributed by atoms with van der Waals surface area (Å²) in [5, 5.41) is 11.5. The fraction of sp³-hybridized carbons (Fsp3) is 0.360. The van der Waals surface area contributed by atoms with E-state index in [4.69, 9.17) is 42.1 Å². The van der Waals surface area contributed by atoms with Crippen LogP contribution in [0, 0.1) is 0 Å². The molecule has 2 aromatic carbocycles. The number of likely N-dealkylation sites (tertiary alicyclic amines) is 1. The largest absolute Gasteiger partial charge is 0.507 e. The zero-order chi connectivity index (χ0) is 25.9. The molecule has 1 saturated heterocycles. The van der Waals surface area contributed by atoms with Gasteiger partial charge in [-0.3, -0.25) is 9.59 Å². The molecule has 1 heterocycles. The molecule has 2 aromatic rings. The second-order valence-electron chi connectivity index (χ2n) is 7.94. The molecule has 35 heavy (non-hydrogen) atoms. The highest BCUT2D eigenvalue weighted by atomic mass is 35.5. The summed E-state index contributed by atoms with van der Waals surface area (Å²) >= 11 is 12.7. The number of Topliss-reactive ketones (excluding diaryl/α,β-unsaturated/α-hetero) is 1. The van der Waals surface area contributed by atoms with Crippen molar-refractivity contribution in [3.63, 3.8) is 0 Å². The van der Waals surface area contributed by atoms with E-state index in [2.05, 4.69) is 0 Å². The van der Waals surface area contributed by atoms with E-state index in [0.717, 1.165) is 0 Å². The smallest absolute Gasteiger partial charge is 0.295 e. The van der Waals surface area contributed by atoms with Crippen molar-refractivity contribution in [1.82, 2.24) is 4.90 Å². The van der Waals surface area contributed by atoms with E-state index < -0.39 is 23.5 Å². The van der Waals surface area contributed by atoms with E-state index >= 15 is 0 Å². The first-order valence-corrected chi connectivity index (χ1v) is 11.6. The van der Waals surface area contributed by atoms with Crippen LogP contribution in [-0.2, 0) is 14.3 Å². The summed E-state index contributed by atoms with van der Waals surface area (Å²) in [4.78, 5) is 27.8. The Labute approximate surface area is 213 Å². The van der Waals surface area contributed by atoms with E-state index in [-0.39, 0.29) is 51.9 Å². The zero-order valence-electron chi connectivity index (χ0n) is 20.1. The van der Waals surface area contributed by atoms with Crippen LogP contribution in [-0.4, -0.2) is 62.3 Å². The lowest BCUT2D eigenvalue weighted by Gasteiger charge is -2.27. The molecule has 0 bridgehead atoms. The lowest BCUT2D eigenvalue weighted by atomic mass is 9.94. The van der Waals surface area contributed by atoms with E-state index in [9.17, 15) is 14.7 Å². The number of nitrogens with zero attached hydrogens (tertiary/aromatic N) is 1. The summed E-state index contributed by atoms with van der Waals surface area (Å²) in [5.74, 6) is -1.51. The molecule has 0 aliphatic carbocycles. The van der Waals surface area contributed by atoms with Crippen molar-refractivity contribution >= 4 is 40.7 Å². The van der Waals surface area contributed by atoms with Crippen LogP contribution >= 0.6 is 23.2 Å². The van der Waals surface area contributed by atoms with Crippen LogP contribution < -0.4 is 14.2 Å². The lowest BCUT2D eigenvalue weighted by Crippen LogP contribution is -2.33. The maximum Gasteiger partial charge on any atom is 0.295 e. The maximum atomic E-state index is 13.3. The predicted molar refractivity (Wildman–Crippen MR) is 133 cm³/mol. The molecule has 1 unspecified atom stereocenters. The van der Waals surface area contributed by atoms with Crippen LogP contribution in [0.15, 0.2) is 35.9 Å². The Bertz CT molecular complexity index is 1160. The van der Waals surface area contributed by atoms with Crippen molar-refractivity contribution in [2.24, 2.45) is 0 Å². The van der Waals surface area contributed by atoms with E-state index in [1.165, 1.54) is 32.3 Å². The molecular weight excluding hydrogens is 497 g/mol. The zero-order valence-corrected chi connectivity index (χ0v) is 21.6. The van der Waals surface area contributed by atoms with Gasteiger partial charge in [0.1, 0.15) is 16.5 Å². The first-order chi connectivity index (χ1) is 16.7. The van der Waals surface area contributed by atoms with E-state index in [1.54, 1.807) is 24.3 Å². The average molecular weight is 524 g/mol. The molecular formula is C25H27Cl2NO7. The topological polar surface area (TPSA) is 94.5 Å². The van der Waals surface area contributed by atoms with Gasteiger partial charge in [0.05, 0.1) is 56.2 Å². The van der Waals surface area contributed by atoms with Gasteiger partial charge >= 0.3 is 0 Å². The van der Waals surface area contributed by atoms with E-state index in [0.29, 0.717) is 11.3 Å². The number of ether oxygens (including phenoxy) is 4. The quantitative estimate of drug-likeness (QED) is 0.284. The molecule has 0 radical (unpaired) electrons. The molecule has 1 fully saturated rings. The average Bonchev–Trinajstić information content (AvgIpc) is 3.08. The highest BCUT2D eigenvalue weighted by Gasteiger charge is 2.47. The number of para-hydroxylation sites is 1. The molecule has 1 aliphatic heterocycles. The minimum Gasteiger partial charge on any atom is -0.507 e. The van der Waals surface area contributed by atoms with Gasteiger partial charge in [-0.25, -0.2) is 0 Å². The number of halogens is 2. The van der Waals surface area contributed by atoms with Crippen molar-refractivity contribution in [1.29, 1.82) is 0 Å². The van der Waals surface area contributed by atoms with Gasteiger partial charge in [-0.05, 0) is 26.0 Å². The number of aliphatic hydroxyl groups excluding tert-OH is 1. The van der Waals surface area contributed by atoms with Gasteiger partial charge in [-0.2, -0.15) is 0 Å². The van der Waals surface area contributed by atoms with Crippen molar-refractivity contribution < 1.29 is 33.6 Å². The number of carbonyl (C=O) groups excluding carboxylic acids is 2. The Kier molecular flexibility index (Phi) is 8.53. The third-order valence-corrected chi connectivity index (χ3v) is 6.18. The van der Waals surface area contributed by atoms with Crippen LogP contribution in [0.25, 0.3) is 5.76 Å². The molecule has 188 valence electrons. The van der Waals surface area contributed by atoms with E-state index in [1.807, 2.05) is 13.8 Å². The summed E-state index contributed by atoms with van der Waals surface area (Å²) in [6.45, 7) is 4.05. The van der Waals surface area contributed by atoms with Gasteiger partial charge in [0, 0.05) is 12.1 Å². The Morgan fingerprint density at radius 3 is 2.31 bits per heavy atom. The van der Waals surface area contributed by atoms with Crippen molar-refractivity contribution in [2.45, 2.75) is 26.0 Å². The Balaban J connectivity index is 2.27. The SMILES string of the molecule is COc1ccccc1C1/C(=C(\O)c2cc(Cl)c(OC)c(Cl)c2OC)C(=O)C(=O)N1CCOC(C)C. The number of amides is 1. The predicted octanol–water partition coefficient (Wildman–Crippen LogP) is 4.87. The normalized spacial score (nSPS) is 17.3.